The normalized spacial score (nSPS) is 10.1. The number of hydrogen-bond donors (Lipinski definition) is 1. The molecule has 6 heteroatoms. The first-order valence-corrected chi connectivity index (χ1v) is 7.40. The van der Waals surface area contributed by atoms with Gasteiger partial charge >= 0.3 is 0 Å². The molecule has 4 nitrogen and oxygen atoms in total. The molecule has 2 aromatic rings. The van der Waals surface area contributed by atoms with Crippen LogP contribution >= 0.6 is 23.7 Å². The van der Waals surface area contributed by atoms with E-state index in [1.165, 1.54) is 11.3 Å². The van der Waals surface area contributed by atoms with E-state index in [2.05, 4.69) is 11.1 Å². The van der Waals surface area contributed by atoms with Gasteiger partial charge in [-0.15, -0.1) is 23.7 Å². The van der Waals surface area contributed by atoms with Crippen LogP contribution < -0.4 is 10.6 Å². The number of benzene rings is 1. The van der Waals surface area contributed by atoms with E-state index >= 15 is 0 Å². The molecule has 0 spiro atoms. The Morgan fingerprint density at radius 3 is 2.48 bits per heavy atom. The number of hydrogen-bond acceptors (Lipinski definition) is 4. The molecule has 0 aliphatic heterocycles. The molecule has 0 unspecified atom stereocenters. The highest BCUT2D eigenvalue weighted by Crippen LogP contribution is 2.20. The lowest BCUT2D eigenvalue weighted by Crippen LogP contribution is -2.26. The van der Waals surface area contributed by atoms with Crippen LogP contribution in [0.5, 0.6) is 0 Å². The van der Waals surface area contributed by atoms with Gasteiger partial charge < -0.3 is 10.6 Å². The molecule has 0 bridgehead atoms. The van der Waals surface area contributed by atoms with Crippen LogP contribution in [0.25, 0.3) is 0 Å². The Morgan fingerprint density at radius 2 is 1.90 bits per heavy atom. The largest absolute Gasteiger partial charge is 0.330 e. The molecule has 2 rings (SSSR count). The van der Waals surface area contributed by atoms with Gasteiger partial charge in [-0.05, 0) is 43.7 Å². The molecule has 2 N–H and O–H groups in total. The maximum atomic E-state index is 12.4. The summed E-state index contributed by atoms with van der Waals surface area (Å²) in [5, 5.41) is 2.71. The van der Waals surface area contributed by atoms with Gasteiger partial charge in [0.2, 0.25) is 0 Å². The molecule has 0 saturated heterocycles. The minimum Gasteiger partial charge on any atom is -0.330 e. The number of carbonyl (C=O) groups is 1. The van der Waals surface area contributed by atoms with Crippen molar-refractivity contribution in [2.45, 2.75) is 20.3 Å². The first-order chi connectivity index (χ1) is 9.51. The number of rotatable bonds is 4. The first kappa shape index (κ1) is 17.6. The summed E-state index contributed by atoms with van der Waals surface area (Å²) in [4.78, 5) is 18.4. The van der Waals surface area contributed by atoms with Crippen molar-refractivity contribution in [2.24, 2.45) is 5.73 Å². The van der Waals surface area contributed by atoms with Crippen LogP contribution in [-0.2, 0) is 6.42 Å². The van der Waals surface area contributed by atoms with Crippen molar-refractivity contribution in [3.05, 3.63) is 45.4 Å². The van der Waals surface area contributed by atoms with Gasteiger partial charge in [-0.1, -0.05) is 6.07 Å². The Bertz CT molecular complexity index is 607. The van der Waals surface area contributed by atoms with Gasteiger partial charge in [0, 0.05) is 24.5 Å². The van der Waals surface area contributed by atoms with Gasteiger partial charge in [-0.3, -0.25) is 4.79 Å². The average molecular weight is 326 g/mol. The van der Waals surface area contributed by atoms with Crippen LogP contribution in [0.2, 0.25) is 0 Å². The topological polar surface area (TPSA) is 59.2 Å². The first-order valence-electron chi connectivity index (χ1n) is 6.52. The summed E-state index contributed by atoms with van der Waals surface area (Å²) in [5.41, 5.74) is 9.16. The summed E-state index contributed by atoms with van der Waals surface area (Å²) in [5.74, 6) is -0.0884. The molecule has 1 aromatic heterocycles. The fourth-order valence-electron chi connectivity index (χ4n) is 2.08. The van der Waals surface area contributed by atoms with Crippen molar-refractivity contribution in [2.75, 3.05) is 18.5 Å². The predicted octanol–water partition coefficient (Wildman–Crippen LogP) is 2.96. The van der Waals surface area contributed by atoms with E-state index < -0.39 is 0 Å². The summed E-state index contributed by atoms with van der Waals surface area (Å²) >= 11 is 1.48. The SMILES string of the molecule is Cc1cc(C)cc(N(C)C(=O)c2csc(CCN)n2)c1.Cl. The third-order valence-corrected chi connectivity index (χ3v) is 3.94. The van der Waals surface area contributed by atoms with E-state index in [-0.39, 0.29) is 18.3 Å². The van der Waals surface area contributed by atoms with Crippen LogP contribution in [0.1, 0.15) is 26.6 Å². The van der Waals surface area contributed by atoms with Gasteiger partial charge in [-0.2, -0.15) is 0 Å². The quantitative estimate of drug-likeness (QED) is 0.940. The van der Waals surface area contributed by atoms with Crippen molar-refractivity contribution in [3.63, 3.8) is 0 Å². The molecule has 0 atom stereocenters. The van der Waals surface area contributed by atoms with Gasteiger partial charge in [0.15, 0.2) is 0 Å². The van der Waals surface area contributed by atoms with Gasteiger partial charge in [-0.25, -0.2) is 4.98 Å². The molecule has 1 amide bonds. The Kier molecular flexibility index (Phi) is 6.33. The molecule has 114 valence electrons. The molecule has 21 heavy (non-hydrogen) atoms. The molecular weight excluding hydrogens is 306 g/mol. The average Bonchev–Trinajstić information content (AvgIpc) is 2.85. The van der Waals surface area contributed by atoms with Crippen LogP contribution in [0.4, 0.5) is 5.69 Å². The lowest BCUT2D eigenvalue weighted by molar-refractivity contribution is 0.0989. The Labute approximate surface area is 135 Å². The van der Waals surface area contributed by atoms with Crippen LogP contribution in [0.15, 0.2) is 23.6 Å². The second kappa shape index (κ2) is 7.54. The zero-order valence-corrected chi connectivity index (χ0v) is 14.1. The van der Waals surface area contributed by atoms with Crippen molar-refractivity contribution < 1.29 is 4.79 Å². The van der Waals surface area contributed by atoms with E-state index in [4.69, 9.17) is 5.73 Å². The summed E-state index contributed by atoms with van der Waals surface area (Å²) in [6.45, 7) is 4.60. The molecule has 0 aliphatic carbocycles. The fraction of sp³-hybridized carbons (Fsp3) is 0.333. The van der Waals surface area contributed by atoms with E-state index in [0.29, 0.717) is 18.7 Å². The van der Waals surface area contributed by atoms with E-state index in [0.717, 1.165) is 21.8 Å². The summed E-state index contributed by atoms with van der Waals surface area (Å²) in [6.07, 6.45) is 0.714. The number of anilines is 1. The molecule has 1 heterocycles. The van der Waals surface area contributed by atoms with E-state index in [1.54, 1.807) is 17.3 Å². The summed E-state index contributed by atoms with van der Waals surface area (Å²) in [6, 6.07) is 6.08. The number of halogens is 1. The van der Waals surface area contributed by atoms with Gasteiger partial charge in [0.05, 0.1) is 5.01 Å². The number of aromatic nitrogens is 1. The zero-order chi connectivity index (χ0) is 14.7. The summed E-state index contributed by atoms with van der Waals surface area (Å²) < 4.78 is 0. The number of aryl methyl sites for hydroxylation is 2. The number of nitrogens with two attached hydrogens (primary N) is 1. The third kappa shape index (κ3) is 4.27. The smallest absolute Gasteiger partial charge is 0.277 e. The monoisotopic (exact) mass is 325 g/mol. The minimum absolute atomic E-state index is 0. The highest BCUT2D eigenvalue weighted by atomic mass is 35.5. The van der Waals surface area contributed by atoms with Crippen LogP contribution in [-0.4, -0.2) is 24.5 Å². The maximum Gasteiger partial charge on any atom is 0.277 e. The van der Waals surface area contributed by atoms with Crippen molar-refractivity contribution in [3.8, 4) is 0 Å². The zero-order valence-electron chi connectivity index (χ0n) is 12.4. The van der Waals surface area contributed by atoms with Crippen molar-refractivity contribution in [1.29, 1.82) is 0 Å². The Morgan fingerprint density at radius 1 is 1.29 bits per heavy atom. The van der Waals surface area contributed by atoms with Crippen LogP contribution in [0, 0.1) is 13.8 Å². The van der Waals surface area contributed by atoms with E-state index in [9.17, 15) is 4.79 Å². The maximum absolute atomic E-state index is 12.4. The fourth-order valence-corrected chi connectivity index (χ4v) is 2.87. The Hall–Kier alpha value is -1.43. The van der Waals surface area contributed by atoms with Gasteiger partial charge in [0.25, 0.3) is 5.91 Å². The van der Waals surface area contributed by atoms with Crippen molar-refractivity contribution >= 4 is 35.3 Å². The molecule has 0 fully saturated rings. The summed E-state index contributed by atoms with van der Waals surface area (Å²) in [7, 11) is 1.78. The second-order valence-electron chi connectivity index (χ2n) is 4.88. The standard InChI is InChI=1S/C15H19N3OS.ClH/c1-10-6-11(2)8-12(7-10)18(3)15(19)13-9-20-14(17-13)4-5-16;/h6-9H,4-5,16H2,1-3H3;1H. The van der Waals surface area contributed by atoms with Crippen LogP contribution in [0.3, 0.4) is 0 Å². The highest BCUT2D eigenvalue weighted by Gasteiger charge is 2.17. The molecule has 0 radical (unpaired) electrons. The lowest BCUT2D eigenvalue weighted by Gasteiger charge is -2.17. The number of thiazole rings is 1. The second-order valence-corrected chi connectivity index (χ2v) is 5.82. The van der Waals surface area contributed by atoms with Gasteiger partial charge in [0.1, 0.15) is 5.69 Å². The minimum atomic E-state index is -0.0884. The number of nitrogens with zero attached hydrogens (tertiary/aromatic N) is 2. The predicted molar refractivity (Wildman–Crippen MR) is 90.8 cm³/mol. The molecule has 1 aromatic carbocycles. The molecule has 0 aliphatic rings. The molecule has 0 saturated carbocycles. The lowest BCUT2D eigenvalue weighted by atomic mass is 10.1. The number of amides is 1. The highest BCUT2D eigenvalue weighted by molar-refractivity contribution is 7.09. The van der Waals surface area contributed by atoms with E-state index in [1.807, 2.05) is 26.0 Å². The Balaban J connectivity index is 0.00000220. The third-order valence-electron chi connectivity index (χ3n) is 3.03. The van der Waals surface area contributed by atoms with Crippen molar-refractivity contribution in [1.82, 2.24) is 4.98 Å². The number of carbonyl (C=O) groups excluding carboxylic acids is 1. The molecular formula is C15H20ClN3OS.